The van der Waals surface area contributed by atoms with E-state index in [1.54, 1.807) is 0 Å². The lowest BCUT2D eigenvalue weighted by Crippen LogP contribution is -2.13. The average molecular weight is 256 g/mol. The second kappa shape index (κ2) is 4.23. The molecule has 0 unspecified atom stereocenters. The first-order chi connectivity index (χ1) is 9.08. The quantitative estimate of drug-likeness (QED) is 0.852. The van der Waals surface area contributed by atoms with Gasteiger partial charge in [0.05, 0.1) is 5.69 Å². The number of nitrogens with zero attached hydrogens (tertiary/aromatic N) is 1. The maximum atomic E-state index is 12.0. The van der Waals surface area contributed by atoms with Gasteiger partial charge in [0.1, 0.15) is 0 Å². The maximum Gasteiger partial charge on any atom is 0.221 e. The fourth-order valence-corrected chi connectivity index (χ4v) is 2.95. The van der Waals surface area contributed by atoms with Crippen LogP contribution in [0.2, 0.25) is 0 Å². The van der Waals surface area contributed by atoms with Gasteiger partial charge in [0.15, 0.2) is 5.78 Å². The summed E-state index contributed by atoms with van der Waals surface area (Å²) in [6, 6.07) is 5.81. The van der Waals surface area contributed by atoms with Gasteiger partial charge in [0.2, 0.25) is 5.91 Å². The van der Waals surface area contributed by atoms with E-state index in [4.69, 9.17) is 0 Å². The number of rotatable bonds is 1. The van der Waals surface area contributed by atoms with Crippen molar-refractivity contribution in [1.29, 1.82) is 0 Å². The van der Waals surface area contributed by atoms with Crippen LogP contribution in [0.25, 0.3) is 10.9 Å². The molecule has 4 nitrogen and oxygen atoms in total. The van der Waals surface area contributed by atoms with E-state index in [1.165, 1.54) is 6.92 Å². The third-order valence-corrected chi connectivity index (χ3v) is 3.72. The van der Waals surface area contributed by atoms with Crippen molar-refractivity contribution in [2.45, 2.75) is 26.2 Å². The number of Topliss-reactive ketones (excluding diaryl/α,β-unsaturated/α-hetero) is 1. The Bertz CT molecular complexity index is 698. The molecule has 1 aromatic heterocycles. The van der Waals surface area contributed by atoms with Crippen molar-refractivity contribution in [3.05, 3.63) is 29.5 Å². The lowest BCUT2D eigenvalue weighted by Gasteiger charge is -2.11. The third-order valence-electron chi connectivity index (χ3n) is 3.72. The molecule has 0 fully saturated rings. The molecule has 0 bridgehead atoms. The van der Waals surface area contributed by atoms with Gasteiger partial charge in [-0.25, -0.2) is 0 Å². The van der Waals surface area contributed by atoms with Gasteiger partial charge in [0, 0.05) is 37.0 Å². The van der Waals surface area contributed by atoms with E-state index in [-0.39, 0.29) is 11.7 Å². The topological polar surface area (TPSA) is 51.1 Å². The first-order valence-electron chi connectivity index (χ1n) is 6.50. The van der Waals surface area contributed by atoms with Crippen molar-refractivity contribution in [2.75, 3.05) is 5.32 Å². The molecule has 19 heavy (non-hydrogen) atoms. The van der Waals surface area contributed by atoms with Gasteiger partial charge in [-0.2, -0.15) is 0 Å². The van der Waals surface area contributed by atoms with Crippen molar-refractivity contribution in [3.63, 3.8) is 0 Å². The summed E-state index contributed by atoms with van der Waals surface area (Å²) in [5.41, 5.74) is 3.79. The molecule has 0 radical (unpaired) electrons. The Labute approximate surface area is 111 Å². The Kier molecular flexibility index (Phi) is 2.66. The normalized spacial score (nSPS) is 14.5. The summed E-state index contributed by atoms with van der Waals surface area (Å²) in [6.45, 7) is 1.49. The molecule has 1 aliphatic carbocycles. The fourth-order valence-electron chi connectivity index (χ4n) is 2.95. The lowest BCUT2D eigenvalue weighted by molar-refractivity contribution is -0.114. The second-order valence-corrected chi connectivity index (χ2v) is 5.08. The number of nitrogens with one attached hydrogen (secondary N) is 1. The summed E-state index contributed by atoms with van der Waals surface area (Å²) in [4.78, 5) is 23.2. The largest absolute Gasteiger partial charge is 0.341 e. The highest BCUT2D eigenvalue weighted by Crippen LogP contribution is 2.32. The molecule has 1 aliphatic rings. The molecule has 1 heterocycles. The number of hydrogen-bond acceptors (Lipinski definition) is 2. The van der Waals surface area contributed by atoms with E-state index in [0.717, 1.165) is 40.7 Å². The van der Waals surface area contributed by atoms with Crippen LogP contribution in [0.5, 0.6) is 0 Å². The van der Waals surface area contributed by atoms with Crippen LogP contribution >= 0.6 is 0 Å². The number of aromatic nitrogens is 1. The summed E-state index contributed by atoms with van der Waals surface area (Å²) in [5.74, 6) is 0.140. The van der Waals surface area contributed by atoms with Crippen molar-refractivity contribution >= 4 is 28.3 Å². The number of fused-ring (bicyclic) bond motifs is 3. The number of carbonyl (C=O) groups is 2. The molecule has 0 saturated heterocycles. The van der Waals surface area contributed by atoms with Gasteiger partial charge in [-0.05, 0) is 36.6 Å². The molecule has 2 aromatic rings. The first-order valence-corrected chi connectivity index (χ1v) is 6.50. The number of anilines is 1. The SMILES string of the molecule is CC(=O)Nc1ccc2c(c1)c1c(n2C)C(=O)CCC1. The molecular weight excluding hydrogens is 240 g/mol. The standard InChI is InChI=1S/C15H16N2O2/c1-9(18)16-10-6-7-13-12(8-10)11-4-3-5-14(19)15(11)17(13)2/h6-8H,3-5H2,1-2H3,(H,16,18). The maximum absolute atomic E-state index is 12.0. The van der Waals surface area contributed by atoms with E-state index in [2.05, 4.69) is 5.32 Å². The number of aryl methyl sites for hydroxylation is 2. The average Bonchev–Trinajstić information content (AvgIpc) is 2.64. The van der Waals surface area contributed by atoms with Gasteiger partial charge in [-0.1, -0.05) is 0 Å². The minimum Gasteiger partial charge on any atom is -0.341 e. The molecule has 0 aliphatic heterocycles. The smallest absolute Gasteiger partial charge is 0.221 e. The van der Waals surface area contributed by atoms with Crippen molar-refractivity contribution in [1.82, 2.24) is 4.57 Å². The van der Waals surface area contributed by atoms with Gasteiger partial charge < -0.3 is 9.88 Å². The molecular formula is C15H16N2O2. The Morgan fingerprint density at radius 1 is 1.32 bits per heavy atom. The van der Waals surface area contributed by atoms with E-state index < -0.39 is 0 Å². The van der Waals surface area contributed by atoms with Crippen LogP contribution in [0, 0.1) is 0 Å². The minimum absolute atomic E-state index is 0.0831. The van der Waals surface area contributed by atoms with E-state index in [0.29, 0.717) is 6.42 Å². The van der Waals surface area contributed by atoms with Crippen molar-refractivity contribution in [2.24, 2.45) is 7.05 Å². The zero-order valence-corrected chi connectivity index (χ0v) is 11.1. The third kappa shape index (κ3) is 1.84. The van der Waals surface area contributed by atoms with Crippen LogP contribution < -0.4 is 5.32 Å². The number of carbonyl (C=O) groups excluding carboxylic acids is 2. The van der Waals surface area contributed by atoms with Crippen LogP contribution in [0.1, 0.15) is 35.8 Å². The highest BCUT2D eigenvalue weighted by molar-refractivity contribution is 6.05. The summed E-state index contributed by atoms with van der Waals surface area (Å²) >= 11 is 0. The molecule has 1 aromatic carbocycles. The van der Waals surface area contributed by atoms with Crippen molar-refractivity contribution < 1.29 is 9.59 Å². The highest BCUT2D eigenvalue weighted by Gasteiger charge is 2.24. The van der Waals surface area contributed by atoms with Crippen molar-refractivity contribution in [3.8, 4) is 0 Å². The molecule has 98 valence electrons. The van der Waals surface area contributed by atoms with E-state index in [9.17, 15) is 9.59 Å². The van der Waals surface area contributed by atoms with Crippen LogP contribution in [-0.4, -0.2) is 16.3 Å². The van der Waals surface area contributed by atoms with Crippen LogP contribution in [-0.2, 0) is 18.3 Å². The zero-order chi connectivity index (χ0) is 13.6. The minimum atomic E-state index is -0.0831. The first kappa shape index (κ1) is 12.0. The van der Waals surface area contributed by atoms with E-state index >= 15 is 0 Å². The summed E-state index contributed by atoms with van der Waals surface area (Å²) in [6.07, 6.45) is 2.48. The van der Waals surface area contributed by atoms with Crippen LogP contribution in [0.3, 0.4) is 0 Å². The van der Waals surface area contributed by atoms with Crippen LogP contribution in [0.15, 0.2) is 18.2 Å². The number of hydrogen-bond donors (Lipinski definition) is 1. The molecule has 0 atom stereocenters. The summed E-state index contributed by atoms with van der Waals surface area (Å²) in [5, 5.41) is 3.87. The van der Waals surface area contributed by atoms with E-state index in [1.807, 2.05) is 29.8 Å². The van der Waals surface area contributed by atoms with Gasteiger partial charge in [-0.15, -0.1) is 0 Å². The molecule has 0 saturated carbocycles. The molecule has 3 rings (SSSR count). The molecule has 1 amide bonds. The Hall–Kier alpha value is -2.10. The lowest BCUT2D eigenvalue weighted by atomic mass is 9.94. The molecule has 0 spiro atoms. The fraction of sp³-hybridized carbons (Fsp3) is 0.333. The Balaban J connectivity index is 2.23. The number of benzene rings is 1. The summed E-state index contributed by atoms with van der Waals surface area (Å²) in [7, 11) is 1.93. The zero-order valence-electron chi connectivity index (χ0n) is 11.1. The second-order valence-electron chi connectivity index (χ2n) is 5.08. The molecule has 4 heteroatoms. The van der Waals surface area contributed by atoms with Gasteiger partial charge >= 0.3 is 0 Å². The predicted octanol–water partition coefficient (Wildman–Crippen LogP) is 2.66. The molecule has 1 N–H and O–H groups in total. The number of ketones is 1. The van der Waals surface area contributed by atoms with Gasteiger partial charge in [-0.3, -0.25) is 9.59 Å². The monoisotopic (exact) mass is 256 g/mol. The predicted molar refractivity (Wildman–Crippen MR) is 74.5 cm³/mol. The van der Waals surface area contributed by atoms with Gasteiger partial charge in [0.25, 0.3) is 0 Å². The Morgan fingerprint density at radius 3 is 2.84 bits per heavy atom. The highest BCUT2D eigenvalue weighted by atomic mass is 16.1. The Morgan fingerprint density at radius 2 is 2.11 bits per heavy atom. The number of amides is 1. The summed E-state index contributed by atoms with van der Waals surface area (Å²) < 4.78 is 1.98. The van der Waals surface area contributed by atoms with Crippen LogP contribution in [0.4, 0.5) is 5.69 Å².